The van der Waals surface area contributed by atoms with Crippen LogP contribution in [0.2, 0.25) is 10.0 Å². The van der Waals surface area contributed by atoms with E-state index >= 15 is 0 Å². The third-order valence-corrected chi connectivity index (χ3v) is 8.96. The minimum absolute atomic E-state index is 0.550. The number of hydrogen-bond donors (Lipinski definition) is 0. The third-order valence-electron chi connectivity index (χ3n) is 5.55. The Labute approximate surface area is 171 Å². The molecule has 0 radical (unpaired) electrons. The average molecular weight is 420 g/mol. The van der Waals surface area contributed by atoms with E-state index in [0.717, 1.165) is 42.9 Å². The number of rotatable bonds is 1. The SMILES string of the molecule is O=P1(c2ccccn2)c2cc(Cl)cc3ccc4ccc5cc(Cl)cc1c5c4c23. The lowest BCUT2D eigenvalue weighted by molar-refractivity contribution is 0.592. The van der Waals surface area contributed by atoms with Crippen molar-refractivity contribution in [3.63, 3.8) is 0 Å². The number of benzene rings is 4. The summed E-state index contributed by atoms with van der Waals surface area (Å²) in [7, 11) is -3.24. The maximum atomic E-state index is 14.9. The number of hydrogen-bond acceptors (Lipinski definition) is 2. The molecule has 0 aliphatic carbocycles. The highest BCUT2D eigenvalue weighted by Gasteiger charge is 2.38. The van der Waals surface area contributed by atoms with E-state index in [1.165, 1.54) is 0 Å². The van der Waals surface area contributed by atoms with Gasteiger partial charge in [0.2, 0.25) is 0 Å². The van der Waals surface area contributed by atoms with Crippen molar-refractivity contribution in [2.24, 2.45) is 0 Å². The van der Waals surface area contributed by atoms with Crippen LogP contribution in [0.1, 0.15) is 0 Å². The van der Waals surface area contributed by atoms with Gasteiger partial charge in [0.15, 0.2) is 7.14 Å². The van der Waals surface area contributed by atoms with Gasteiger partial charge in [-0.3, -0.25) is 4.98 Å². The van der Waals surface area contributed by atoms with Crippen LogP contribution in [0, 0.1) is 0 Å². The fourth-order valence-corrected chi connectivity index (χ4v) is 8.08. The lowest BCUT2D eigenvalue weighted by atomic mass is 9.96. The molecule has 0 spiro atoms. The Morgan fingerprint density at radius 3 is 1.79 bits per heavy atom. The van der Waals surface area contributed by atoms with Crippen molar-refractivity contribution in [2.45, 2.75) is 0 Å². The number of halogens is 2. The zero-order valence-corrected chi connectivity index (χ0v) is 16.9. The lowest BCUT2D eigenvalue weighted by Crippen LogP contribution is -2.30. The predicted molar refractivity (Wildman–Crippen MR) is 120 cm³/mol. The molecular weight excluding hydrogens is 408 g/mol. The van der Waals surface area contributed by atoms with E-state index in [9.17, 15) is 4.57 Å². The molecule has 0 saturated heterocycles. The molecule has 1 aliphatic rings. The smallest absolute Gasteiger partial charge is 0.189 e. The molecule has 5 aromatic rings. The Balaban J connectivity index is 1.99. The molecule has 0 unspecified atom stereocenters. The van der Waals surface area contributed by atoms with Crippen molar-refractivity contribution in [1.29, 1.82) is 0 Å². The van der Waals surface area contributed by atoms with Gasteiger partial charge < -0.3 is 4.57 Å². The van der Waals surface area contributed by atoms with Gasteiger partial charge >= 0.3 is 0 Å². The van der Waals surface area contributed by atoms with Gasteiger partial charge in [0.1, 0.15) is 5.44 Å². The van der Waals surface area contributed by atoms with Crippen LogP contribution in [0.5, 0.6) is 0 Å². The molecule has 4 aromatic carbocycles. The van der Waals surface area contributed by atoms with Crippen LogP contribution >= 0.6 is 30.3 Å². The summed E-state index contributed by atoms with van der Waals surface area (Å²) >= 11 is 12.9. The second-order valence-corrected chi connectivity index (χ2v) is 10.6. The van der Waals surface area contributed by atoms with Crippen molar-refractivity contribution < 1.29 is 4.57 Å². The zero-order valence-electron chi connectivity index (χ0n) is 14.5. The fourth-order valence-electron chi connectivity index (χ4n) is 4.44. The van der Waals surface area contributed by atoms with E-state index < -0.39 is 7.14 Å². The van der Waals surface area contributed by atoms with Gasteiger partial charge in [0.05, 0.1) is 0 Å². The molecule has 0 saturated carbocycles. The van der Waals surface area contributed by atoms with Crippen LogP contribution in [-0.4, -0.2) is 4.98 Å². The first-order valence-corrected chi connectivity index (χ1v) is 11.3. The van der Waals surface area contributed by atoms with Crippen molar-refractivity contribution in [1.82, 2.24) is 4.98 Å². The highest BCUT2D eigenvalue weighted by Crippen LogP contribution is 2.52. The van der Waals surface area contributed by atoms with E-state index in [1.54, 1.807) is 6.20 Å². The molecule has 1 aliphatic heterocycles. The Kier molecular flexibility index (Phi) is 3.30. The Bertz CT molecular complexity index is 1420. The molecule has 0 atom stereocenters. The van der Waals surface area contributed by atoms with Crippen LogP contribution in [0.15, 0.2) is 72.9 Å². The van der Waals surface area contributed by atoms with Gasteiger partial charge in [0.25, 0.3) is 0 Å². The van der Waals surface area contributed by atoms with E-state index in [4.69, 9.17) is 23.2 Å². The monoisotopic (exact) mass is 419 g/mol. The predicted octanol–water partition coefficient (Wildman–Crippen LogP) is 5.80. The van der Waals surface area contributed by atoms with Gasteiger partial charge in [-0.1, -0.05) is 53.5 Å². The fraction of sp³-hybridized carbons (Fsp3) is 0. The van der Waals surface area contributed by atoms with E-state index in [2.05, 4.69) is 17.1 Å². The summed E-state index contributed by atoms with van der Waals surface area (Å²) in [6.07, 6.45) is 1.68. The van der Waals surface area contributed by atoms with Crippen molar-refractivity contribution >= 4 is 78.7 Å². The van der Waals surface area contributed by atoms with Crippen molar-refractivity contribution in [2.75, 3.05) is 0 Å². The number of pyridine rings is 1. The second kappa shape index (κ2) is 5.58. The van der Waals surface area contributed by atoms with Crippen LogP contribution in [0.4, 0.5) is 0 Å². The topological polar surface area (TPSA) is 30.0 Å². The summed E-state index contributed by atoms with van der Waals surface area (Å²) in [5, 5.41) is 8.79. The van der Waals surface area contributed by atoms with Crippen LogP contribution in [0.25, 0.3) is 32.3 Å². The number of aromatic nitrogens is 1. The van der Waals surface area contributed by atoms with E-state index in [1.807, 2.05) is 54.6 Å². The largest absolute Gasteiger partial charge is 0.307 e. The molecule has 5 heteroatoms. The van der Waals surface area contributed by atoms with Crippen LogP contribution in [-0.2, 0) is 4.57 Å². The first-order valence-electron chi connectivity index (χ1n) is 8.88. The minimum Gasteiger partial charge on any atom is -0.307 e. The Hall–Kier alpha value is -2.38. The molecule has 0 N–H and O–H groups in total. The summed E-state index contributed by atoms with van der Waals surface area (Å²) in [5.74, 6) is 0. The molecule has 6 rings (SSSR count). The zero-order chi connectivity index (χ0) is 19.0. The minimum atomic E-state index is -3.24. The van der Waals surface area contributed by atoms with Crippen molar-refractivity contribution in [3.05, 3.63) is 83.0 Å². The maximum absolute atomic E-state index is 14.9. The van der Waals surface area contributed by atoms with Gasteiger partial charge in [-0.25, -0.2) is 0 Å². The highest BCUT2D eigenvalue weighted by atomic mass is 35.5. The van der Waals surface area contributed by atoms with Crippen molar-refractivity contribution in [3.8, 4) is 0 Å². The standard InChI is InChI=1S/C23H12Cl2NOP/c24-16-9-14-6-4-13-5-7-15-10-17(25)12-19-22(15)23(13)21(14)18(11-16)28(19,27)20-3-1-2-8-26-20/h1-12H. The van der Waals surface area contributed by atoms with Gasteiger partial charge in [-0.2, -0.15) is 0 Å². The lowest BCUT2D eigenvalue weighted by Gasteiger charge is -2.28. The normalized spacial score (nSPS) is 14.5. The first-order chi connectivity index (χ1) is 13.6. The highest BCUT2D eigenvalue weighted by molar-refractivity contribution is 7.86. The van der Waals surface area contributed by atoms with Gasteiger partial charge in [0, 0.05) is 37.6 Å². The molecule has 2 nitrogen and oxygen atoms in total. The first kappa shape index (κ1) is 16.6. The summed E-state index contributed by atoms with van der Waals surface area (Å²) in [4.78, 5) is 4.50. The molecular formula is C23H12Cl2NOP. The molecule has 0 fully saturated rings. The Morgan fingerprint density at radius 1 is 0.679 bits per heavy atom. The molecule has 134 valence electrons. The molecule has 28 heavy (non-hydrogen) atoms. The molecule has 2 heterocycles. The maximum Gasteiger partial charge on any atom is 0.189 e. The third kappa shape index (κ3) is 2.01. The summed E-state index contributed by atoms with van der Waals surface area (Å²) in [5.41, 5.74) is 0.550. The molecule has 0 bridgehead atoms. The summed E-state index contributed by atoms with van der Waals surface area (Å²) in [6, 6.07) is 21.3. The average Bonchev–Trinajstić information content (AvgIpc) is 2.71. The Morgan fingerprint density at radius 2 is 1.25 bits per heavy atom. The summed E-state index contributed by atoms with van der Waals surface area (Å²) < 4.78 is 14.9. The molecule has 0 amide bonds. The summed E-state index contributed by atoms with van der Waals surface area (Å²) in [6.45, 7) is 0. The quantitative estimate of drug-likeness (QED) is 0.249. The molecule has 1 aromatic heterocycles. The van der Waals surface area contributed by atoms with Crippen LogP contribution in [0.3, 0.4) is 0 Å². The second-order valence-electron chi connectivity index (χ2n) is 7.07. The number of nitrogens with zero attached hydrogens (tertiary/aromatic N) is 1. The van der Waals surface area contributed by atoms with E-state index in [0.29, 0.717) is 15.5 Å². The van der Waals surface area contributed by atoms with E-state index in [-0.39, 0.29) is 0 Å². The van der Waals surface area contributed by atoms with Gasteiger partial charge in [-0.15, -0.1) is 0 Å². The van der Waals surface area contributed by atoms with Crippen LogP contribution < -0.4 is 16.0 Å². The van der Waals surface area contributed by atoms with Gasteiger partial charge in [-0.05, 0) is 57.9 Å².